The molecule has 116 valence electrons. The van der Waals surface area contributed by atoms with Crippen LogP contribution >= 0.6 is 0 Å². The summed E-state index contributed by atoms with van der Waals surface area (Å²) in [6.45, 7) is 8.85. The number of carbonyl (C=O) groups is 2. The molecule has 0 aromatic heterocycles. The molecule has 6 heteroatoms. The number of carboxylic acids is 1. The van der Waals surface area contributed by atoms with Crippen LogP contribution in [0.15, 0.2) is 0 Å². The van der Waals surface area contributed by atoms with Gasteiger partial charge in [0.2, 0.25) is 0 Å². The van der Waals surface area contributed by atoms with E-state index >= 15 is 0 Å². The maximum absolute atomic E-state index is 12.0. The zero-order chi connectivity index (χ0) is 15.8. The van der Waals surface area contributed by atoms with Gasteiger partial charge in [0.15, 0.2) is 0 Å². The van der Waals surface area contributed by atoms with Crippen LogP contribution in [0.1, 0.15) is 47.5 Å². The van der Waals surface area contributed by atoms with Crippen molar-refractivity contribution in [2.75, 3.05) is 13.1 Å². The summed E-state index contributed by atoms with van der Waals surface area (Å²) < 4.78 is 5.26. The molecule has 1 aliphatic heterocycles. The minimum absolute atomic E-state index is 0.0707. The van der Waals surface area contributed by atoms with Gasteiger partial charge in [-0.3, -0.25) is 4.79 Å². The van der Waals surface area contributed by atoms with Crippen molar-refractivity contribution in [2.45, 2.75) is 58.7 Å². The Morgan fingerprint density at radius 2 is 1.80 bits per heavy atom. The summed E-state index contributed by atoms with van der Waals surface area (Å²) in [6, 6.07) is 0. The number of rotatable bonds is 3. The third-order valence-electron chi connectivity index (χ3n) is 3.23. The molecule has 0 spiro atoms. The highest BCUT2D eigenvalue weighted by Crippen LogP contribution is 2.38. The molecule has 6 nitrogen and oxygen atoms in total. The number of carboxylic acid groups (broad SMARTS) is 1. The lowest BCUT2D eigenvalue weighted by Crippen LogP contribution is -2.43. The van der Waals surface area contributed by atoms with Gasteiger partial charge < -0.3 is 19.8 Å². The van der Waals surface area contributed by atoms with Crippen LogP contribution < -0.4 is 0 Å². The van der Waals surface area contributed by atoms with Crippen molar-refractivity contribution < 1.29 is 24.5 Å². The monoisotopic (exact) mass is 287 g/mol. The Balaban J connectivity index is 2.81. The van der Waals surface area contributed by atoms with Crippen molar-refractivity contribution in [2.24, 2.45) is 5.41 Å². The van der Waals surface area contributed by atoms with Crippen molar-refractivity contribution in [3.05, 3.63) is 0 Å². The molecule has 1 unspecified atom stereocenters. The summed E-state index contributed by atoms with van der Waals surface area (Å²) in [5.41, 5.74) is -2.81. The average molecular weight is 287 g/mol. The first-order valence-electron chi connectivity index (χ1n) is 6.78. The maximum atomic E-state index is 12.0. The van der Waals surface area contributed by atoms with Gasteiger partial charge in [-0.25, -0.2) is 4.79 Å². The topological polar surface area (TPSA) is 87.1 Å². The highest BCUT2D eigenvalue weighted by molar-refractivity contribution is 5.78. The first-order chi connectivity index (χ1) is 8.85. The fourth-order valence-electron chi connectivity index (χ4n) is 2.58. The van der Waals surface area contributed by atoms with Crippen LogP contribution in [0.5, 0.6) is 0 Å². The van der Waals surface area contributed by atoms with Gasteiger partial charge in [-0.1, -0.05) is 0 Å². The fourth-order valence-corrected chi connectivity index (χ4v) is 2.58. The first kappa shape index (κ1) is 16.8. The maximum Gasteiger partial charge on any atom is 0.410 e. The van der Waals surface area contributed by atoms with Crippen LogP contribution in [0.2, 0.25) is 0 Å². The number of aliphatic hydroxyl groups is 1. The van der Waals surface area contributed by atoms with Crippen molar-refractivity contribution >= 4 is 12.1 Å². The summed E-state index contributed by atoms with van der Waals surface area (Å²) in [4.78, 5) is 25.0. The predicted molar refractivity (Wildman–Crippen MR) is 73.4 cm³/mol. The van der Waals surface area contributed by atoms with Gasteiger partial charge in [-0.2, -0.15) is 0 Å². The van der Waals surface area contributed by atoms with Gasteiger partial charge in [0.25, 0.3) is 0 Å². The second-order valence-electron chi connectivity index (χ2n) is 7.23. The number of ether oxygens (including phenoxy) is 1. The van der Waals surface area contributed by atoms with E-state index in [0.29, 0.717) is 13.0 Å². The van der Waals surface area contributed by atoms with E-state index in [4.69, 9.17) is 4.74 Å². The molecule has 1 amide bonds. The summed E-state index contributed by atoms with van der Waals surface area (Å²) in [5, 5.41) is 19.4. The molecule has 0 saturated carbocycles. The van der Waals surface area contributed by atoms with Gasteiger partial charge in [0.05, 0.1) is 11.0 Å². The van der Waals surface area contributed by atoms with Gasteiger partial charge in [0, 0.05) is 13.1 Å². The van der Waals surface area contributed by atoms with Gasteiger partial charge in [0.1, 0.15) is 5.60 Å². The summed E-state index contributed by atoms with van der Waals surface area (Å²) in [5.74, 6) is -0.981. The van der Waals surface area contributed by atoms with Crippen molar-refractivity contribution in [1.82, 2.24) is 4.90 Å². The van der Waals surface area contributed by atoms with E-state index in [9.17, 15) is 19.8 Å². The minimum Gasteiger partial charge on any atom is -0.481 e. The summed E-state index contributed by atoms with van der Waals surface area (Å²) >= 11 is 0. The lowest BCUT2D eigenvalue weighted by Gasteiger charge is -2.31. The van der Waals surface area contributed by atoms with Crippen molar-refractivity contribution in [3.8, 4) is 0 Å². The van der Waals surface area contributed by atoms with E-state index in [1.165, 1.54) is 4.90 Å². The van der Waals surface area contributed by atoms with Crippen LogP contribution in [0.3, 0.4) is 0 Å². The number of hydrogen-bond acceptors (Lipinski definition) is 4. The number of carbonyl (C=O) groups excluding carboxylic acids is 1. The zero-order valence-electron chi connectivity index (χ0n) is 12.9. The molecule has 1 atom stereocenters. The molecule has 0 radical (unpaired) electrons. The number of hydrogen-bond donors (Lipinski definition) is 2. The Morgan fingerprint density at radius 1 is 1.25 bits per heavy atom. The van der Waals surface area contributed by atoms with E-state index in [1.807, 2.05) is 0 Å². The smallest absolute Gasteiger partial charge is 0.410 e. The Morgan fingerprint density at radius 3 is 2.20 bits per heavy atom. The molecule has 2 N–H and O–H groups in total. The average Bonchev–Trinajstić information content (AvgIpc) is 2.57. The molecule has 0 bridgehead atoms. The Kier molecular flexibility index (Phi) is 4.39. The van der Waals surface area contributed by atoms with E-state index in [1.54, 1.807) is 34.6 Å². The first-order valence-corrected chi connectivity index (χ1v) is 6.78. The molecule has 0 aromatic carbocycles. The lowest BCUT2D eigenvalue weighted by atomic mass is 9.77. The van der Waals surface area contributed by atoms with Crippen LogP contribution in [0.25, 0.3) is 0 Å². The second kappa shape index (κ2) is 5.24. The molecule has 0 aromatic rings. The normalized spacial score (nSPS) is 23.8. The van der Waals surface area contributed by atoms with Crippen LogP contribution in [-0.2, 0) is 9.53 Å². The predicted octanol–water partition coefficient (Wildman–Crippen LogP) is 1.86. The molecule has 0 aliphatic carbocycles. The molecule has 1 fully saturated rings. The van der Waals surface area contributed by atoms with Crippen molar-refractivity contribution in [3.63, 3.8) is 0 Å². The Hall–Kier alpha value is -1.30. The summed E-state index contributed by atoms with van der Waals surface area (Å²) in [6.07, 6.45) is -0.0726. The van der Waals surface area contributed by atoms with Crippen molar-refractivity contribution in [1.29, 1.82) is 0 Å². The molecular formula is C14H25NO5. The lowest BCUT2D eigenvalue weighted by molar-refractivity contribution is -0.151. The highest BCUT2D eigenvalue weighted by atomic mass is 16.6. The molecule has 1 rings (SSSR count). The minimum atomic E-state index is -1.10. The second-order valence-corrected chi connectivity index (χ2v) is 7.23. The van der Waals surface area contributed by atoms with Gasteiger partial charge in [-0.05, 0) is 47.5 Å². The van der Waals surface area contributed by atoms with Crippen LogP contribution in [0, 0.1) is 5.41 Å². The number of aliphatic carboxylic acids is 1. The van der Waals surface area contributed by atoms with Crippen LogP contribution in [0.4, 0.5) is 4.79 Å². The standard InChI is InChI=1S/C14H25NO5/c1-12(2,3)20-11(18)15-7-6-14(9-15,10(16)17)8-13(4,5)19/h19H,6-9H2,1-5H3,(H,16,17). The molecule has 20 heavy (non-hydrogen) atoms. The van der Waals surface area contributed by atoms with Gasteiger partial charge in [-0.15, -0.1) is 0 Å². The Bertz CT molecular complexity index is 393. The van der Waals surface area contributed by atoms with Crippen LogP contribution in [-0.4, -0.2) is 51.5 Å². The quantitative estimate of drug-likeness (QED) is 0.827. The molecule has 1 heterocycles. The highest BCUT2D eigenvalue weighted by Gasteiger charge is 2.49. The van der Waals surface area contributed by atoms with E-state index in [0.717, 1.165) is 0 Å². The van der Waals surface area contributed by atoms with E-state index in [2.05, 4.69) is 0 Å². The summed E-state index contributed by atoms with van der Waals surface area (Å²) in [7, 11) is 0. The largest absolute Gasteiger partial charge is 0.481 e. The number of likely N-dealkylation sites (tertiary alicyclic amines) is 1. The molecule has 1 saturated heterocycles. The molecular weight excluding hydrogens is 262 g/mol. The SMILES string of the molecule is CC(C)(O)CC1(C(=O)O)CCN(C(=O)OC(C)(C)C)C1. The zero-order valence-corrected chi connectivity index (χ0v) is 12.9. The third kappa shape index (κ3) is 4.37. The Labute approximate surface area is 119 Å². The van der Waals surface area contributed by atoms with E-state index in [-0.39, 0.29) is 13.0 Å². The van der Waals surface area contributed by atoms with Gasteiger partial charge >= 0.3 is 12.1 Å². The number of amides is 1. The van der Waals surface area contributed by atoms with E-state index < -0.39 is 28.7 Å². The fraction of sp³-hybridized carbons (Fsp3) is 0.857. The number of nitrogens with zero attached hydrogens (tertiary/aromatic N) is 1. The third-order valence-corrected chi connectivity index (χ3v) is 3.23. The molecule has 1 aliphatic rings.